The Morgan fingerprint density at radius 1 is 1.21 bits per heavy atom. The Morgan fingerprint density at radius 2 is 1.92 bits per heavy atom. The Kier molecular flexibility index (Phi) is 7.09. The van der Waals surface area contributed by atoms with Gasteiger partial charge in [-0.15, -0.1) is 0 Å². The highest BCUT2D eigenvalue weighted by atomic mass is 79.9. The Labute approximate surface area is 155 Å². The lowest BCUT2D eigenvalue weighted by Gasteiger charge is -2.15. The van der Waals surface area contributed by atoms with E-state index in [2.05, 4.69) is 32.2 Å². The second-order valence-corrected chi connectivity index (χ2v) is 6.97. The fourth-order valence-corrected chi connectivity index (χ4v) is 2.93. The zero-order valence-electron chi connectivity index (χ0n) is 13.7. The van der Waals surface area contributed by atoms with Crippen LogP contribution in [0.1, 0.15) is 11.1 Å². The molecule has 6 heteroatoms. The summed E-state index contributed by atoms with van der Waals surface area (Å²) in [5.74, 6) is 0.302. The van der Waals surface area contributed by atoms with Crippen LogP contribution in [-0.2, 0) is 17.9 Å². The average Bonchev–Trinajstić information content (AvgIpc) is 2.52. The van der Waals surface area contributed by atoms with Crippen molar-refractivity contribution in [2.75, 3.05) is 20.7 Å². The van der Waals surface area contributed by atoms with Gasteiger partial charge in [-0.3, -0.25) is 4.79 Å². The molecular formula is C18H20BrClN2O2. The summed E-state index contributed by atoms with van der Waals surface area (Å²) in [6, 6.07) is 13.3. The number of ether oxygens (including phenoxy) is 1. The molecular weight excluding hydrogens is 392 g/mol. The summed E-state index contributed by atoms with van der Waals surface area (Å²) < 4.78 is 6.33. The van der Waals surface area contributed by atoms with Crippen LogP contribution < -0.4 is 10.1 Å². The molecule has 1 N–H and O–H groups in total. The predicted molar refractivity (Wildman–Crippen MR) is 100 cm³/mol. The van der Waals surface area contributed by atoms with E-state index in [0.717, 1.165) is 16.6 Å². The van der Waals surface area contributed by atoms with Crippen LogP contribution in [0.4, 0.5) is 0 Å². The molecule has 0 saturated heterocycles. The highest BCUT2D eigenvalue weighted by molar-refractivity contribution is 9.10. The van der Waals surface area contributed by atoms with Gasteiger partial charge in [-0.2, -0.15) is 0 Å². The number of halogens is 2. The van der Waals surface area contributed by atoms with E-state index >= 15 is 0 Å². The van der Waals surface area contributed by atoms with Crippen molar-refractivity contribution in [3.63, 3.8) is 0 Å². The maximum Gasteiger partial charge on any atom is 0.258 e. The largest absolute Gasteiger partial charge is 0.482 e. The van der Waals surface area contributed by atoms with Gasteiger partial charge in [-0.05, 0) is 43.4 Å². The van der Waals surface area contributed by atoms with Gasteiger partial charge < -0.3 is 15.0 Å². The van der Waals surface area contributed by atoms with Crippen LogP contribution >= 0.6 is 27.5 Å². The van der Waals surface area contributed by atoms with E-state index in [9.17, 15) is 4.79 Å². The third-order valence-corrected chi connectivity index (χ3v) is 4.12. The van der Waals surface area contributed by atoms with Crippen molar-refractivity contribution >= 4 is 33.4 Å². The molecule has 0 aromatic heterocycles. The van der Waals surface area contributed by atoms with Gasteiger partial charge in [0.1, 0.15) is 5.75 Å². The second-order valence-electron chi connectivity index (χ2n) is 5.65. The molecule has 2 rings (SSSR count). The van der Waals surface area contributed by atoms with Gasteiger partial charge >= 0.3 is 0 Å². The van der Waals surface area contributed by atoms with E-state index < -0.39 is 0 Å². The summed E-state index contributed by atoms with van der Waals surface area (Å²) in [5, 5.41) is 3.35. The van der Waals surface area contributed by atoms with Crippen molar-refractivity contribution in [2.45, 2.75) is 13.1 Å². The predicted octanol–water partition coefficient (Wildman–Crippen LogP) is 3.86. The standard InChI is InChI=1S/C18H20BrClN2O2/c1-22(2)11-14-6-4-3-5-13(14)10-21-18(23)12-24-17-8-7-15(19)9-16(17)20/h3-9H,10-12H2,1-2H3,(H,21,23). The first kappa shape index (κ1) is 18.8. The quantitative estimate of drug-likeness (QED) is 0.752. The zero-order chi connectivity index (χ0) is 17.5. The van der Waals surface area contributed by atoms with Crippen LogP contribution in [0.3, 0.4) is 0 Å². The molecule has 24 heavy (non-hydrogen) atoms. The van der Waals surface area contributed by atoms with Crippen molar-refractivity contribution in [3.05, 3.63) is 63.1 Å². The number of carbonyl (C=O) groups excluding carboxylic acids is 1. The molecule has 2 aromatic carbocycles. The highest BCUT2D eigenvalue weighted by Gasteiger charge is 2.08. The Hall–Kier alpha value is -1.56. The molecule has 4 nitrogen and oxygen atoms in total. The molecule has 0 aliphatic carbocycles. The Bertz CT molecular complexity index is 707. The first-order valence-corrected chi connectivity index (χ1v) is 8.69. The summed E-state index contributed by atoms with van der Waals surface area (Å²) in [6.07, 6.45) is 0. The average molecular weight is 412 g/mol. The first-order valence-electron chi connectivity index (χ1n) is 7.52. The first-order chi connectivity index (χ1) is 11.5. The number of benzene rings is 2. The number of amides is 1. The monoisotopic (exact) mass is 410 g/mol. The summed E-state index contributed by atoms with van der Waals surface area (Å²) >= 11 is 9.39. The number of rotatable bonds is 7. The van der Waals surface area contributed by atoms with Crippen LogP contribution in [0.5, 0.6) is 5.75 Å². The SMILES string of the molecule is CN(C)Cc1ccccc1CNC(=O)COc1ccc(Br)cc1Cl. The van der Waals surface area contributed by atoms with Crippen LogP contribution in [0.25, 0.3) is 0 Å². The molecule has 0 radical (unpaired) electrons. The summed E-state index contributed by atoms with van der Waals surface area (Å²) in [6.45, 7) is 1.23. The third kappa shape index (κ3) is 5.82. The number of nitrogens with one attached hydrogen (secondary N) is 1. The molecule has 0 fully saturated rings. The van der Waals surface area contributed by atoms with Crippen LogP contribution in [-0.4, -0.2) is 31.5 Å². The highest BCUT2D eigenvalue weighted by Crippen LogP contribution is 2.27. The molecule has 0 heterocycles. The van der Waals surface area contributed by atoms with Crippen LogP contribution in [0, 0.1) is 0 Å². The lowest BCUT2D eigenvalue weighted by Crippen LogP contribution is -2.29. The van der Waals surface area contributed by atoms with Crippen molar-refractivity contribution in [1.29, 1.82) is 0 Å². The smallest absolute Gasteiger partial charge is 0.258 e. The van der Waals surface area contributed by atoms with Crippen molar-refractivity contribution < 1.29 is 9.53 Å². The van der Waals surface area contributed by atoms with Crippen molar-refractivity contribution in [1.82, 2.24) is 10.2 Å². The van der Waals surface area contributed by atoms with E-state index in [4.69, 9.17) is 16.3 Å². The fourth-order valence-electron chi connectivity index (χ4n) is 2.21. The van der Waals surface area contributed by atoms with E-state index in [1.165, 1.54) is 5.56 Å². The lowest BCUT2D eigenvalue weighted by atomic mass is 10.1. The number of carbonyl (C=O) groups is 1. The van der Waals surface area contributed by atoms with Gasteiger partial charge in [0.2, 0.25) is 0 Å². The normalized spacial score (nSPS) is 10.7. The summed E-state index contributed by atoms with van der Waals surface area (Å²) in [4.78, 5) is 14.1. The van der Waals surface area contributed by atoms with E-state index in [1.807, 2.05) is 38.4 Å². The maximum absolute atomic E-state index is 12.0. The zero-order valence-corrected chi connectivity index (χ0v) is 16.0. The molecule has 2 aromatic rings. The lowest BCUT2D eigenvalue weighted by molar-refractivity contribution is -0.123. The van der Waals surface area contributed by atoms with Gasteiger partial charge in [0.15, 0.2) is 6.61 Å². The van der Waals surface area contributed by atoms with Gasteiger partial charge in [-0.1, -0.05) is 51.8 Å². The molecule has 0 bridgehead atoms. The fraction of sp³-hybridized carbons (Fsp3) is 0.278. The molecule has 128 valence electrons. The number of hydrogen-bond acceptors (Lipinski definition) is 3. The van der Waals surface area contributed by atoms with Gasteiger partial charge in [-0.25, -0.2) is 0 Å². The molecule has 0 spiro atoms. The molecule has 0 aliphatic rings. The number of hydrogen-bond donors (Lipinski definition) is 1. The Balaban J connectivity index is 1.87. The van der Waals surface area contributed by atoms with Crippen molar-refractivity contribution in [2.24, 2.45) is 0 Å². The molecule has 0 unspecified atom stereocenters. The Morgan fingerprint density at radius 3 is 2.58 bits per heavy atom. The molecule has 0 atom stereocenters. The number of nitrogens with zero attached hydrogens (tertiary/aromatic N) is 1. The third-order valence-electron chi connectivity index (χ3n) is 3.33. The molecule has 0 saturated carbocycles. The minimum atomic E-state index is -0.186. The van der Waals surface area contributed by atoms with Gasteiger partial charge in [0.25, 0.3) is 5.91 Å². The minimum absolute atomic E-state index is 0.0722. The maximum atomic E-state index is 12.0. The molecule has 0 aliphatic heterocycles. The van der Waals surface area contributed by atoms with Crippen LogP contribution in [0.15, 0.2) is 46.9 Å². The van der Waals surface area contributed by atoms with E-state index in [-0.39, 0.29) is 12.5 Å². The van der Waals surface area contributed by atoms with E-state index in [0.29, 0.717) is 17.3 Å². The van der Waals surface area contributed by atoms with Gasteiger partial charge in [0.05, 0.1) is 5.02 Å². The summed E-state index contributed by atoms with van der Waals surface area (Å²) in [5.41, 5.74) is 2.29. The van der Waals surface area contributed by atoms with Crippen molar-refractivity contribution in [3.8, 4) is 5.75 Å². The minimum Gasteiger partial charge on any atom is -0.482 e. The van der Waals surface area contributed by atoms with Gasteiger partial charge in [0, 0.05) is 17.6 Å². The second kappa shape index (κ2) is 9.06. The summed E-state index contributed by atoms with van der Waals surface area (Å²) in [7, 11) is 4.04. The van der Waals surface area contributed by atoms with E-state index in [1.54, 1.807) is 12.1 Å². The topological polar surface area (TPSA) is 41.6 Å². The van der Waals surface area contributed by atoms with Crippen LogP contribution in [0.2, 0.25) is 5.02 Å². The molecule has 1 amide bonds.